The molecule has 0 aliphatic carbocycles. The molecule has 20 heavy (non-hydrogen) atoms. The highest BCUT2D eigenvalue weighted by Crippen LogP contribution is 2.22. The zero-order valence-corrected chi connectivity index (χ0v) is 12.7. The van der Waals surface area contributed by atoms with Crippen LogP contribution in [0.4, 0.5) is 16.2 Å². The van der Waals surface area contributed by atoms with Gasteiger partial charge in [0.25, 0.3) is 0 Å². The van der Waals surface area contributed by atoms with Gasteiger partial charge in [0.2, 0.25) is 0 Å². The summed E-state index contributed by atoms with van der Waals surface area (Å²) >= 11 is 0. The topological polar surface area (TPSA) is 76.4 Å². The number of nitrogens with two attached hydrogens (primary N) is 1. The Bertz CT molecular complexity index is 433. The molecule has 0 radical (unpaired) electrons. The second-order valence-corrected chi connectivity index (χ2v) is 5.75. The molecule has 0 fully saturated rings. The zero-order chi connectivity index (χ0) is 15.2. The lowest BCUT2D eigenvalue weighted by atomic mass is 10.1. The van der Waals surface area contributed by atoms with Gasteiger partial charge in [0.1, 0.15) is 5.60 Å². The summed E-state index contributed by atoms with van der Waals surface area (Å²) in [6.45, 7) is 8.84. The van der Waals surface area contributed by atoms with Crippen LogP contribution in [0.2, 0.25) is 0 Å². The summed E-state index contributed by atoms with van der Waals surface area (Å²) in [5, 5.41) is 6.01. The number of hydrogen-bond acceptors (Lipinski definition) is 4. The predicted molar refractivity (Wildman–Crippen MR) is 82.9 cm³/mol. The Balaban J connectivity index is 2.24. The van der Waals surface area contributed by atoms with E-state index in [0.29, 0.717) is 6.54 Å². The Morgan fingerprint density at radius 1 is 1.30 bits per heavy atom. The van der Waals surface area contributed by atoms with Crippen molar-refractivity contribution in [1.82, 2.24) is 5.32 Å². The van der Waals surface area contributed by atoms with Gasteiger partial charge in [-0.05, 0) is 45.7 Å². The fraction of sp³-hybridized carbons (Fsp3) is 0.533. The van der Waals surface area contributed by atoms with Gasteiger partial charge in [-0.15, -0.1) is 0 Å². The molecule has 0 saturated carbocycles. The lowest BCUT2D eigenvalue weighted by molar-refractivity contribution is 0.0528. The van der Waals surface area contributed by atoms with Crippen LogP contribution < -0.4 is 16.4 Å². The highest BCUT2D eigenvalue weighted by molar-refractivity contribution is 5.70. The molecule has 0 aromatic heterocycles. The molecule has 5 nitrogen and oxygen atoms in total. The van der Waals surface area contributed by atoms with Crippen molar-refractivity contribution in [3.05, 3.63) is 23.8 Å². The van der Waals surface area contributed by atoms with E-state index in [-0.39, 0.29) is 6.09 Å². The Labute approximate surface area is 120 Å². The maximum absolute atomic E-state index is 11.4. The third kappa shape index (κ3) is 5.82. The fourth-order valence-electron chi connectivity index (χ4n) is 1.74. The highest BCUT2D eigenvalue weighted by Gasteiger charge is 2.15. The number of ether oxygens (including phenoxy) is 1. The molecule has 1 aromatic rings. The lowest BCUT2D eigenvalue weighted by Gasteiger charge is -2.19. The number of alkyl carbamates (subject to hydrolysis) is 1. The van der Waals surface area contributed by atoms with E-state index in [1.54, 1.807) is 0 Å². The number of para-hydroxylation sites is 1. The lowest BCUT2D eigenvalue weighted by Crippen LogP contribution is -2.33. The van der Waals surface area contributed by atoms with E-state index >= 15 is 0 Å². The number of rotatable bonds is 5. The summed E-state index contributed by atoms with van der Waals surface area (Å²) in [6, 6.07) is 5.81. The Morgan fingerprint density at radius 2 is 2.00 bits per heavy atom. The molecular formula is C15H25N3O2. The van der Waals surface area contributed by atoms with Crippen LogP contribution in [-0.2, 0) is 4.74 Å². The van der Waals surface area contributed by atoms with Crippen molar-refractivity contribution in [3.8, 4) is 0 Å². The smallest absolute Gasteiger partial charge is 0.407 e. The van der Waals surface area contributed by atoms with E-state index in [0.717, 1.165) is 29.9 Å². The largest absolute Gasteiger partial charge is 0.444 e. The van der Waals surface area contributed by atoms with Crippen molar-refractivity contribution < 1.29 is 9.53 Å². The molecule has 1 amide bonds. The van der Waals surface area contributed by atoms with Gasteiger partial charge in [0.05, 0.1) is 11.4 Å². The van der Waals surface area contributed by atoms with Crippen molar-refractivity contribution in [1.29, 1.82) is 0 Å². The Kier molecular flexibility index (Phi) is 5.67. The van der Waals surface area contributed by atoms with E-state index in [1.807, 2.05) is 45.9 Å². The maximum Gasteiger partial charge on any atom is 0.407 e. The second kappa shape index (κ2) is 7.03. The average Bonchev–Trinajstić information content (AvgIpc) is 2.29. The first-order chi connectivity index (χ1) is 9.29. The quantitative estimate of drug-likeness (QED) is 0.572. The van der Waals surface area contributed by atoms with Gasteiger partial charge >= 0.3 is 6.09 Å². The summed E-state index contributed by atoms with van der Waals surface area (Å²) in [7, 11) is 0. The number of amides is 1. The predicted octanol–water partition coefficient (Wildman–Crippen LogP) is 2.90. The van der Waals surface area contributed by atoms with Crippen LogP contribution in [0, 0.1) is 6.92 Å². The van der Waals surface area contributed by atoms with Gasteiger partial charge in [-0.2, -0.15) is 0 Å². The first-order valence-corrected chi connectivity index (χ1v) is 6.85. The molecule has 0 heterocycles. The summed E-state index contributed by atoms with van der Waals surface area (Å²) in [4.78, 5) is 11.4. The molecule has 0 saturated heterocycles. The van der Waals surface area contributed by atoms with Crippen LogP contribution in [-0.4, -0.2) is 24.8 Å². The van der Waals surface area contributed by atoms with E-state index in [2.05, 4.69) is 10.6 Å². The van der Waals surface area contributed by atoms with Crippen molar-refractivity contribution in [2.45, 2.75) is 39.7 Å². The van der Waals surface area contributed by atoms with Crippen LogP contribution >= 0.6 is 0 Å². The summed E-state index contributed by atoms with van der Waals surface area (Å²) < 4.78 is 5.15. The highest BCUT2D eigenvalue weighted by atomic mass is 16.6. The van der Waals surface area contributed by atoms with Crippen LogP contribution in [0.3, 0.4) is 0 Å². The molecule has 0 spiro atoms. The van der Waals surface area contributed by atoms with Crippen molar-refractivity contribution in [3.63, 3.8) is 0 Å². The normalized spacial score (nSPS) is 11.0. The number of benzene rings is 1. The Hall–Kier alpha value is -1.91. The summed E-state index contributed by atoms with van der Waals surface area (Å²) in [6.07, 6.45) is 0.417. The molecule has 112 valence electrons. The van der Waals surface area contributed by atoms with Gasteiger partial charge in [-0.3, -0.25) is 0 Å². The minimum Gasteiger partial charge on any atom is -0.444 e. The number of carbonyl (C=O) groups excluding carboxylic acids is 1. The molecule has 4 N–H and O–H groups in total. The van der Waals surface area contributed by atoms with Crippen LogP contribution in [0.5, 0.6) is 0 Å². The molecule has 0 aliphatic heterocycles. The minimum atomic E-state index is -0.460. The molecule has 1 rings (SSSR count). The number of nitrogen functional groups attached to an aromatic ring is 1. The van der Waals surface area contributed by atoms with Gasteiger partial charge < -0.3 is 21.1 Å². The SMILES string of the molecule is Cc1cccc(N)c1NCCCNC(=O)OC(C)(C)C. The van der Waals surface area contributed by atoms with Crippen molar-refractivity contribution in [2.24, 2.45) is 0 Å². The zero-order valence-electron chi connectivity index (χ0n) is 12.7. The average molecular weight is 279 g/mol. The van der Waals surface area contributed by atoms with Crippen molar-refractivity contribution >= 4 is 17.5 Å². The van der Waals surface area contributed by atoms with E-state index in [1.165, 1.54) is 0 Å². The van der Waals surface area contributed by atoms with E-state index in [4.69, 9.17) is 10.5 Å². The number of nitrogens with one attached hydrogen (secondary N) is 2. The standard InChI is InChI=1S/C15H25N3O2/c1-11-7-5-8-12(16)13(11)17-9-6-10-18-14(19)20-15(2,3)4/h5,7-8,17H,6,9-10,16H2,1-4H3,(H,18,19). The fourth-order valence-corrected chi connectivity index (χ4v) is 1.74. The number of hydrogen-bond donors (Lipinski definition) is 3. The number of carbonyl (C=O) groups is 1. The van der Waals surface area contributed by atoms with Gasteiger partial charge in [-0.25, -0.2) is 4.79 Å². The first kappa shape index (κ1) is 16.1. The Morgan fingerprint density at radius 3 is 2.60 bits per heavy atom. The monoisotopic (exact) mass is 279 g/mol. The van der Waals surface area contributed by atoms with E-state index in [9.17, 15) is 4.79 Å². The molecular weight excluding hydrogens is 254 g/mol. The maximum atomic E-state index is 11.4. The molecule has 0 unspecified atom stereocenters. The second-order valence-electron chi connectivity index (χ2n) is 5.75. The minimum absolute atomic E-state index is 0.382. The van der Waals surface area contributed by atoms with Gasteiger partial charge in [0.15, 0.2) is 0 Å². The van der Waals surface area contributed by atoms with Gasteiger partial charge in [0, 0.05) is 13.1 Å². The number of aryl methyl sites for hydroxylation is 1. The molecule has 1 aromatic carbocycles. The molecule has 0 atom stereocenters. The van der Waals surface area contributed by atoms with Crippen LogP contribution in [0.15, 0.2) is 18.2 Å². The molecule has 0 bridgehead atoms. The first-order valence-electron chi connectivity index (χ1n) is 6.85. The number of anilines is 2. The van der Waals surface area contributed by atoms with Crippen molar-refractivity contribution in [2.75, 3.05) is 24.1 Å². The summed E-state index contributed by atoms with van der Waals surface area (Å²) in [5.41, 5.74) is 8.26. The van der Waals surface area contributed by atoms with Crippen LogP contribution in [0.1, 0.15) is 32.8 Å². The van der Waals surface area contributed by atoms with Crippen LogP contribution in [0.25, 0.3) is 0 Å². The van der Waals surface area contributed by atoms with E-state index < -0.39 is 5.60 Å². The third-order valence-electron chi connectivity index (χ3n) is 2.63. The molecule has 5 heteroatoms. The van der Waals surface area contributed by atoms with Gasteiger partial charge in [-0.1, -0.05) is 12.1 Å². The molecule has 0 aliphatic rings. The summed E-state index contributed by atoms with van der Waals surface area (Å²) in [5.74, 6) is 0. The third-order valence-corrected chi connectivity index (χ3v) is 2.63.